The first-order chi connectivity index (χ1) is 8.69. The molecule has 18 heavy (non-hydrogen) atoms. The van der Waals surface area contributed by atoms with Crippen LogP contribution >= 0.6 is 11.6 Å². The van der Waals surface area contributed by atoms with Gasteiger partial charge < -0.3 is 5.32 Å². The first-order valence-electron chi connectivity index (χ1n) is 7.21. The van der Waals surface area contributed by atoms with Gasteiger partial charge in [-0.15, -0.1) is 0 Å². The Balaban J connectivity index is 1.94. The van der Waals surface area contributed by atoms with E-state index in [1.165, 1.54) is 44.2 Å². The average molecular weight is 266 g/mol. The smallest absolute Gasteiger partial charge is 0.0455 e. The molecule has 2 heteroatoms. The lowest BCUT2D eigenvalue weighted by atomic mass is 9.98. The Morgan fingerprint density at radius 3 is 2.78 bits per heavy atom. The maximum Gasteiger partial charge on any atom is 0.0455 e. The molecule has 2 unspecified atom stereocenters. The molecule has 0 radical (unpaired) electrons. The molecule has 2 atom stereocenters. The lowest BCUT2D eigenvalue weighted by Gasteiger charge is -2.18. The van der Waals surface area contributed by atoms with Gasteiger partial charge in [-0.25, -0.2) is 0 Å². The molecule has 1 saturated carbocycles. The van der Waals surface area contributed by atoms with Gasteiger partial charge in [0.05, 0.1) is 0 Å². The van der Waals surface area contributed by atoms with Crippen molar-refractivity contribution in [2.45, 2.75) is 58.4 Å². The first-order valence-corrected chi connectivity index (χ1v) is 7.59. The molecule has 0 bridgehead atoms. The normalized spacial score (nSPS) is 24.6. The van der Waals surface area contributed by atoms with Gasteiger partial charge in [0.25, 0.3) is 0 Å². The summed E-state index contributed by atoms with van der Waals surface area (Å²) in [6.07, 6.45) is 8.06. The lowest BCUT2D eigenvalue weighted by molar-refractivity contribution is 0.444. The van der Waals surface area contributed by atoms with E-state index in [1.807, 2.05) is 6.92 Å². The van der Waals surface area contributed by atoms with Crippen molar-refractivity contribution in [2.75, 3.05) is 5.32 Å². The first kappa shape index (κ1) is 13.7. The molecule has 0 amide bonds. The molecule has 0 saturated heterocycles. The molecule has 2 rings (SSSR count). The van der Waals surface area contributed by atoms with Crippen LogP contribution in [0.25, 0.3) is 0 Å². The largest absolute Gasteiger partial charge is 0.382 e. The number of rotatable bonds is 3. The van der Waals surface area contributed by atoms with Crippen LogP contribution in [0.3, 0.4) is 0 Å². The van der Waals surface area contributed by atoms with Crippen LogP contribution in [0.1, 0.15) is 51.0 Å². The molecule has 0 spiro atoms. The summed E-state index contributed by atoms with van der Waals surface area (Å²) in [6.45, 7) is 4.36. The van der Waals surface area contributed by atoms with Crippen molar-refractivity contribution >= 4 is 17.3 Å². The minimum absolute atomic E-state index is 0.625. The van der Waals surface area contributed by atoms with E-state index in [0.717, 1.165) is 16.5 Å². The molecule has 0 aliphatic heterocycles. The third-order valence-electron chi connectivity index (χ3n) is 4.21. The van der Waals surface area contributed by atoms with Crippen molar-refractivity contribution in [1.29, 1.82) is 0 Å². The van der Waals surface area contributed by atoms with Crippen LogP contribution < -0.4 is 5.32 Å². The van der Waals surface area contributed by atoms with E-state index in [2.05, 4.69) is 30.4 Å². The van der Waals surface area contributed by atoms with E-state index < -0.39 is 0 Å². The van der Waals surface area contributed by atoms with Gasteiger partial charge in [-0.3, -0.25) is 0 Å². The van der Waals surface area contributed by atoms with Crippen LogP contribution in [0.5, 0.6) is 0 Å². The van der Waals surface area contributed by atoms with E-state index in [9.17, 15) is 0 Å². The summed E-state index contributed by atoms with van der Waals surface area (Å²) in [6, 6.07) is 6.92. The number of halogens is 1. The molecule has 0 heterocycles. The van der Waals surface area contributed by atoms with Crippen LogP contribution in [-0.2, 0) is 0 Å². The summed E-state index contributed by atoms with van der Waals surface area (Å²) in [7, 11) is 0. The van der Waals surface area contributed by atoms with Gasteiger partial charge in [0.2, 0.25) is 0 Å². The van der Waals surface area contributed by atoms with Gasteiger partial charge >= 0.3 is 0 Å². The number of hydrogen-bond donors (Lipinski definition) is 1. The zero-order valence-corrected chi connectivity index (χ0v) is 12.3. The Bertz CT molecular complexity index is 389. The van der Waals surface area contributed by atoms with Gasteiger partial charge in [-0.05, 0) is 49.8 Å². The number of hydrogen-bond acceptors (Lipinski definition) is 1. The number of anilines is 1. The number of nitrogens with one attached hydrogen (secondary N) is 1. The highest BCUT2D eigenvalue weighted by molar-refractivity contribution is 6.31. The van der Waals surface area contributed by atoms with E-state index >= 15 is 0 Å². The minimum atomic E-state index is 0.625. The molecular weight excluding hydrogens is 242 g/mol. The van der Waals surface area contributed by atoms with E-state index in [1.54, 1.807) is 0 Å². The Kier molecular flexibility index (Phi) is 4.94. The third-order valence-corrected chi connectivity index (χ3v) is 4.62. The second-order valence-corrected chi connectivity index (χ2v) is 5.99. The summed E-state index contributed by atoms with van der Waals surface area (Å²) >= 11 is 6.17. The monoisotopic (exact) mass is 265 g/mol. The third kappa shape index (κ3) is 3.65. The lowest BCUT2D eigenvalue weighted by Crippen LogP contribution is -2.18. The highest BCUT2D eigenvalue weighted by atomic mass is 35.5. The van der Waals surface area contributed by atoms with Crippen molar-refractivity contribution in [3.05, 3.63) is 28.8 Å². The number of aryl methyl sites for hydroxylation is 1. The van der Waals surface area contributed by atoms with Gasteiger partial charge in [0.1, 0.15) is 0 Å². The Morgan fingerprint density at radius 1 is 1.22 bits per heavy atom. The molecule has 1 aliphatic rings. The maximum atomic E-state index is 6.17. The summed E-state index contributed by atoms with van der Waals surface area (Å²) in [5.74, 6) is 0.943. The van der Waals surface area contributed by atoms with Crippen molar-refractivity contribution in [1.82, 2.24) is 0 Å². The van der Waals surface area contributed by atoms with Crippen LogP contribution in [0.15, 0.2) is 18.2 Å². The quantitative estimate of drug-likeness (QED) is 0.720. The Hall–Kier alpha value is -0.690. The zero-order chi connectivity index (χ0) is 13.0. The highest BCUT2D eigenvalue weighted by Gasteiger charge is 2.17. The maximum absolute atomic E-state index is 6.17. The highest BCUT2D eigenvalue weighted by Crippen LogP contribution is 2.28. The Morgan fingerprint density at radius 2 is 2.06 bits per heavy atom. The molecule has 1 nitrogen and oxygen atoms in total. The summed E-state index contributed by atoms with van der Waals surface area (Å²) in [5.41, 5.74) is 2.32. The standard InChI is InChI=1S/C16H24ClN/c1-3-13-5-4-6-14(10-8-13)18-15-9-7-12(2)16(17)11-15/h7,9,11,13-14,18H,3-6,8,10H2,1-2H3. The van der Waals surface area contributed by atoms with E-state index in [0.29, 0.717) is 6.04 Å². The topological polar surface area (TPSA) is 12.0 Å². The predicted octanol–water partition coefficient (Wildman–Crippen LogP) is 5.42. The summed E-state index contributed by atoms with van der Waals surface area (Å²) in [4.78, 5) is 0. The predicted molar refractivity (Wildman–Crippen MR) is 80.5 cm³/mol. The molecule has 1 aromatic rings. The van der Waals surface area contributed by atoms with Crippen LogP contribution in [0.2, 0.25) is 5.02 Å². The van der Waals surface area contributed by atoms with E-state index in [4.69, 9.17) is 11.6 Å². The van der Waals surface area contributed by atoms with Crippen LogP contribution in [-0.4, -0.2) is 6.04 Å². The van der Waals surface area contributed by atoms with Gasteiger partial charge in [-0.2, -0.15) is 0 Å². The summed E-state index contributed by atoms with van der Waals surface area (Å²) < 4.78 is 0. The van der Waals surface area contributed by atoms with Gasteiger partial charge in [-0.1, -0.05) is 43.9 Å². The fourth-order valence-corrected chi connectivity index (χ4v) is 3.03. The second kappa shape index (κ2) is 6.47. The zero-order valence-electron chi connectivity index (χ0n) is 11.5. The van der Waals surface area contributed by atoms with Crippen molar-refractivity contribution in [2.24, 2.45) is 5.92 Å². The van der Waals surface area contributed by atoms with Crippen LogP contribution in [0.4, 0.5) is 5.69 Å². The molecule has 1 fully saturated rings. The second-order valence-electron chi connectivity index (χ2n) is 5.59. The fourth-order valence-electron chi connectivity index (χ4n) is 2.85. The SMILES string of the molecule is CCC1CCCC(Nc2ccc(C)c(Cl)c2)CC1. The average Bonchev–Trinajstić information content (AvgIpc) is 2.59. The van der Waals surface area contributed by atoms with Gasteiger partial charge in [0, 0.05) is 16.8 Å². The van der Waals surface area contributed by atoms with E-state index in [-0.39, 0.29) is 0 Å². The van der Waals surface area contributed by atoms with Crippen molar-refractivity contribution < 1.29 is 0 Å². The van der Waals surface area contributed by atoms with Crippen molar-refractivity contribution in [3.8, 4) is 0 Å². The molecule has 1 aromatic carbocycles. The van der Waals surface area contributed by atoms with Gasteiger partial charge in [0.15, 0.2) is 0 Å². The molecule has 100 valence electrons. The number of benzene rings is 1. The van der Waals surface area contributed by atoms with Crippen molar-refractivity contribution in [3.63, 3.8) is 0 Å². The molecule has 1 N–H and O–H groups in total. The fraction of sp³-hybridized carbons (Fsp3) is 0.625. The Labute approximate surface area is 116 Å². The molecule has 1 aliphatic carbocycles. The minimum Gasteiger partial charge on any atom is -0.382 e. The molecular formula is C16H24ClN. The summed E-state index contributed by atoms with van der Waals surface area (Å²) in [5, 5.41) is 4.51. The molecule has 0 aromatic heterocycles. The van der Waals surface area contributed by atoms with Crippen LogP contribution in [0, 0.1) is 12.8 Å².